The summed E-state index contributed by atoms with van der Waals surface area (Å²) in [5, 5.41) is 0. The van der Waals surface area contributed by atoms with Crippen LogP contribution in [0, 0.1) is 5.41 Å². The van der Waals surface area contributed by atoms with Crippen LogP contribution < -0.4 is 10.5 Å². The molecule has 0 fully saturated rings. The van der Waals surface area contributed by atoms with Crippen LogP contribution in [-0.4, -0.2) is 5.97 Å². The van der Waals surface area contributed by atoms with E-state index >= 15 is 0 Å². The minimum atomic E-state index is -0.214. The van der Waals surface area contributed by atoms with Crippen molar-refractivity contribution in [2.24, 2.45) is 11.1 Å². The highest BCUT2D eigenvalue weighted by Crippen LogP contribution is 2.22. The zero-order chi connectivity index (χ0) is 12.2. The van der Waals surface area contributed by atoms with E-state index in [4.69, 9.17) is 10.5 Å². The zero-order valence-electron chi connectivity index (χ0n) is 10.1. The molecule has 0 heterocycles. The summed E-state index contributed by atoms with van der Waals surface area (Å²) >= 11 is 0. The molecule has 0 atom stereocenters. The Balaban J connectivity index is 2.70. The molecule has 1 rings (SSSR count). The Morgan fingerprint density at radius 2 is 1.94 bits per heavy atom. The summed E-state index contributed by atoms with van der Waals surface area (Å²) in [5.74, 6) is 0.354. The molecule has 0 amide bonds. The third-order valence-electron chi connectivity index (χ3n) is 2.09. The highest BCUT2D eigenvalue weighted by molar-refractivity contribution is 5.73. The minimum absolute atomic E-state index is 0.0608. The van der Waals surface area contributed by atoms with Gasteiger partial charge in [0.2, 0.25) is 0 Å². The molecule has 16 heavy (non-hydrogen) atoms. The first-order chi connectivity index (χ1) is 7.42. The van der Waals surface area contributed by atoms with Gasteiger partial charge >= 0.3 is 5.97 Å². The number of benzene rings is 1. The molecule has 0 aliphatic rings. The molecule has 2 N–H and O–H groups in total. The lowest BCUT2D eigenvalue weighted by Gasteiger charge is -2.17. The first-order valence-corrected chi connectivity index (χ1v) is 5.41. The summed E-state index contributed by atoms with van der Waals surface area (Å²) in [6.45, 7) is 6.38. The maximum atomic E-state index is 11.6. The fourth-order valence-electron chi connectivity index (χ4n) is 1.36. The van der Waals surface area contributed by atoms with Crippen molar-refractivity contribution in [3.8, 4) is 5.75 Å². The van der Waals surface area contributed by atoms with E-state index < -0.39 is 0 Å². The van der Waals surface area contributed by atoms with Crippen molar-refractivity contribution < 1.29 is 9.53 Å². The van der Waals surface area contributed by atoms with Gasteiger partial charge in [-0.05, 0) is 11.5 Å². The highest BCUT2D eigenvalue weighted by atomic mass is 16.5. The molecule has 3 heteroatoms. The summed E-state index contributed by atoms with van der Waals surface area (Å²) in [6.07, 6.45) is 0.395. The van der Waals surface area contributed by atoms with Gasteiger partial charge in [0, 0.05) is 12.1 Å². The minimum Gasteiger partial charge on any atom is -0.426 e. The summed E-state index contributed by atoms with van der Waals surface area (Å²) in [4.78, 5) is 11.6. The molecular formula is C13H19NO2. The fraction of sp³-hybridized carbons (Fsp3) is 0.462. The van der Waals surface area contributed by atoms with Crippen LogP contribution in [0.3, 0.4) is 0 Å². The Hall–Kier alpha value is -1.35. The number of esters is 1. The third kappa shape index (κ3) is 4.03. The Bertz CT molecular complexity index is 366. The standard InChI is InChI=1S/C13H19NO2/c1-13(2,3)8-12(15)16-11-7-5-4-6-10(11)9-14/h4-7H,8-9,14H2,1-3H3. The van der Waals surface area contributed by atoms with Crippen molar-refractivity contribution >= 4 is 5.97 Å². The Morgan fingerprint density at radius 3 is 2.50 bits per heavy atom. The number of carbonyl (C=O) groups excluding carboxylic acids is 1. The Labute approximate surface area is 96.6 Å². The number of carbonyl (C=O) groups is 1. The lowest BCUT2D eigenvalue weighted by atomic mass is 9.92. The molecule has 88 valence electrons. The fourth-order valence-corrected chi connectivity index (χ4v) is 1.36. The molecule has 1 aromatic carbocycles. The molecule has 0 unspecified atom stereocenters. The molecule has 0 saturated carbocycles. The van der Waals surface area contributed by atoms with Gasteiger partial charge in [-0.25, -0.2) is 0 Å². The second-order valence-electron chi connectivity index (χ2n) is 5.02. The molecule has 0 aromatic heterocycles. The van der Waals surface area contributed by atoms with E-state index in [-0.39, 0.29) is 11.4 Å². The van der Waals surface area contributed by atoms with E-state index in [1.54, 1.807) is 6.07 Å². The molecule has 3 nitrogen and oxygen atoms in total. The van der Waals surface area contributed by atoms with Crippen LogP contribution >= 0.6 is 0 Å². The van der Waals surface area contributed by atoms with Crippen molar-refractivity contribution in [2.75, 3.05) is 0 Å². The average Bonchev–Trinajstić information content (AvgIpc) is 2.15. The molecule has 0 aliphatic carbocycles. The van der Waals surface area contributed by atoms with Gasteiger partial charge in [-0.2, -0.15) is 0 Å². The second-order valence-corrected chi connectivity index (χ2v) is 5.02. The lowest BCUT2D eigenvalue weighted by molar-refractivity contribution is -0.136. The van der Waals surface area contributed by atoms with Gasteiger partial charge in [-0.3, -0.25) is 4.79 Å². The molecule has 1 aromatic rings. The number of hydrogen-bond donors (Lipinski definition) is 1. The van der Waals surface area contributed by atoms with Crippen LogP contribution in [0.1, 0.15) is 32.8 Å². The van der Waals surface area contributed by atoms with E-state index in [0.29, 0.717) is 18.7 Å². The number of nitrogens with two attached hydrogens (primary N) is 1. The van der Waals surface area contributed by atoms with Gasteiger partial charge < -0.3 is 10.5 Å². The van der Waals surface area contributed by atoms with E-state index in [1.165, 1.54) is 0 Å². The topological polar surface area (TPSA) is 52.3 Å². The van der Waals surface area contributed by atoms with E-state index in [2.05, 4.69) is 0 Å². The molecule has 0 saturated heterocycles. The van der Waals surface area contributed by atoms with Crippen LogP contribution in [0.15, 0.2) is 24.3 Å². The van der Waals surface area contributed by atoms with Crippen molar-refractivity contribution in [3.63, 3.8) is 0 Å². The Kier molecular flexibility index (Phi) is 4.07. The van der Waals surface area contributed by atoms with Crippen LogP contribution in [0.2, 0.25) is 0 Å². The van der Waals surface area contributed by atoms with Crippen molar-refractivity contribution in [1.82, 2.24) is 0 Å². The highest BCUT2D eigenvalue weighted by Gasteiger charge is 2.18. The average molecular weight is 221 g/mol. The van der Waals surface area contributed by atoms with Gasteiger partial charge in [0.25, 0.3) is 0 Å². The first-order valence-electron chi connectivity index (χ1n) is 5.41. The third-order valence-corrected chi connectivity index (χ3v) is 2.09. The largest absolute Gasteiger partial charge is 0.426 e. The van der Waals surface area contributed by atoms with Gasteiger partial charge in [0.15, 0.2) is 0 Å². The maximum absolute atomic E-state index is 11.6. The zero-order valence-corrected chi connectivity index (χ0v) is 10.1. The van der Waals surface area contributed by atoms with Crippen LogP contribution in [0.25, 0.3) is 0 Å². The van der Waals surface area contributed by atoms with Gasteiger partial charge in [0.1, 0.15) is 5.75 Å². The van der Waals surface area contributed by atoms with Crippen LogP contribution in [0.4, 0.5) is 0 Å². The van der Waals surface area contributed by atoms with E-state index in [0.717, 1.165) is 5.56 Å². The molecule has 0 radical (unpaired) electrons. The summed E-state index contributed by atoms with van der Waals surface area (Å²) in [7, 11) is 0. The predicted octanol–water partition coefficient (Wildman–Crippen LogP) is 2.49. The SMILES string of the molecule is CC(C)(C)CC(=O)Oc1ccccc1CN. The summed E-state index contributed by atoms with van der Waals surface area (Å²) in [5.41, 5.74) is 6.35. The van der Waals surface area contributed by atoms with Crippen LogP contribution in [0.5, 0.6) is 5.75 Å². The maximum Gasteiger partial charge on any atom is 0.311 e. The number of hydrogen-bond acceptors (Lipinski definition) is 3. The smallest absolute Gasteiger partial charge is 0.311 e. The summed E-state index contributed by atoms with van der Waals surface area (Å²) < 4.78 is 5.29. The molecular weight excluding hydrogens is 202 g/mol. The number of para-hydroxylation sites is 1. The van der Waals surface area contributed by atoms with Gasteiger partial charge in [0.05, 0.1) is 6.42 Å². The van der Waals surface area contributed by atoms with Gasteiger partial charge in [-0.1, -0.05) is 39.0 Å². The Morgan fingerprint density at radius 1 is 1.31 bits per heavy atom. The lowest BCUT2D eigenvalue weighted by Crippen LogP contribution is -2.18. The van der Waals surface area contributed by atoms with E-state index in [1.807, 2.05) is 39.0 Å². The number of ether oxygens (including phenoxy) is 1. The van der Waals surface area contributed by atoms with Crippen molar-refractivity contribution in [2.45, 2.75) is 33.7 Å². The number of rotatable bonds is 3. The molecule has 0 aliphatic heterocycles. The normalized spacial score (nSPS) is 11.2. The van der Waals surface area contributed by atoms with Crippen molar-refractivity contribution in [1.29, 1.82) is 0 Å². The second kappa shape index (κ2) is 5.12. The molecule has 0 bridgehead atoms. The quantitative estimate of drug-likeness (QED) is 0.630. The predicted molar refractivity (Wildman–Crippen MR) is 64.0 cm³/mol. The van der Waals surface area contributed by atoms with Gasteiger partial charge in [-0.15, -0.1) is 0 Å². The van der Waals surface area contributed by atoms with Crippen molar-refractivity contribution in [3.05, 3.63) is 29.8 Å². The summed E-state index contributed by atoms with van der Waals surface area (Å²) in [6, 6.07) is 7.34. The monoisotopic (exact) mass is 221 g/mol. The van der Waals surface area contributed by atoms with E-state index in [9.17, 15) is 4.79 Å². The molecule has 0 spiro atoms. The first kappa shape index (κ1) is 12.7. The van der Waals surface area contributed by atoms with Crippen LogP contribution in [-0.2, 0) is 11.3 Å².